The lowest BCUT2D eigenvalue weighted by atomic mass is 9.93. The van der Waals surface area contributed by atoms with E-state index in [9.17, 15) is 14.4 Å². The normalized spacial score (nSPS) is 15.4. The Morgan fingerprint density at radius 2 is 1.62 bits per heavy atom. The highest BCUT2D eigenvalue weighted by Crippen LogP contribution is 2.37. The number of anilines is 2. The van der Waals surface area contributed by atoms with Crippen LogP contribution in [0.15, 0.2) is 60.7 Å². The summed E-state index contributed by atoms with van der Waals surface area (Å²) in [5.74, 6) is -0.443. The third-order valence-electron chi connectivity index (χ3n) is 7.31. The molecule has 202 valence electrons. The van der Waals surface area contributed by atoms with E-state index in [-0.39, 0.29) is 19.0 Å². The van der Waals surface area contributed by atoms with Crippen molar-refractivity contribution in [1.82, 2.24) is 4.90 Å². The number of fused-ring (bicyclic) bond motifs is 2. The molecule has 2 aliphatic rings. The number of ether oxygens (including phenoxy) is 2. The molecule has 10 heteroatoms. The topological polar surface area (TPSA) is 114 Å². The average molecular weight is 549 g/mol. The quantitative estimate of drug-likeness (QED) is 0.441. The van der Waals surface area contributed by atoms with Gasteiger partial charge in [-0.15, -0.1) is 0 Å². The third-order valence-corrected chi connectivity index (χ3v) is 7.60. The minimum absolute atomic E-state index is 0.157. The highest BCUT2D eigenvalue weighted by molar-refractivity contribution is 6.32. The van der Waals surface area contributed by atoms with Gasteiger partial charge in [-0.05, 0) is 47.6 Å². The van der Waals surface area contributed by atoms with Gasteiger partial charge in [-0.1, -0.05) is 54.1 Å². The number of primary amides is 1. The third kappa shape index (κ3) is 5.09. The van der Waals surface area contributed by atoms with Crippen molar-refractivity contribution in [3.63, 3.8) is 0 Å². The van der Waals surface area contributed by atoms with Crippen LogP contribution in [0.25, 0.3) is 0 Å². The lowest BCUT2D eigenvalue weighted by molar-refractivity contribution is -0.124. The fraction of sp³-hybridized carbons (Fsp3) is 0.276. The number of hydrogen-bond acceptors (Lipinski definition) is 5. The van der Waals surface area contributed by atoms with Crippen LogP contribution >= 0.6 is 11.6 Å². The molecule has 0 spiro atoms. The van der Waals surface area contributed by atoms with Crippen LogP contribution in [0.3, 0.4) is 0 Å². The van der Waals surface area contributed by atoms with Crippen molar-refractivity contribution in [2.75, 3.05) is 31.0 Å². The number of rotatable bonds is 8. The van der Waals surface area contributed by atoms with E-state index in [1.165, 1.54) is 30.1 Å². The average Bonchev–Trinajstić information content (AvgIpc) is 3.34. The molecule has 0 fully saturated rings. The van der Waals surface area contributed by atoms with E-state index < -0.39 is 23.9 Å². The minimum atomic E-state index is -0.829. The van der Waals surface area contributed by atoms with Crippen molar-refractivity contribution < 1.29 is 23.9 Å². The maximum absolute atomic E-state index is 13.9. The molecule has 5 rings (SSSR count). The monoisotopic (exact) mass is 548 g/mol. The zero-order chi connectivity index (χ0) is 27.7. The molecule has 0 radical (unpaired) electrons. The van der Waals surface area contributed by atoms with Crippen molar-refractivity contribution in [3.05, 3.63) is 82.4 Å². The zero-order valence-corrected chi connectivity index (χ0v) is 22.4. The fourth-order valence-corrected chi connectivity index (χ4v) is 5.78. The summed E-state index contributed by atoms with van der Waals surface area (Å²) in [6, 6.07) is 17.1. The van der Waals surface area contributed by atoms with Crippen LogP contribution in [0, 0.1) is 5.92 Å². The summed E-state index contributed by atoms with van der Waals surface area (Å²) >= 11 is 6.26. The molecule has 1 atom stereocenters. The second kappa shape index (κ2) is 10.9. The van der Waals surface area contributed by atoms with Gasteiger partial charge in [0.1, 0.15) is 24.1 Å². The van der Waals surface area contributed by atoms with Gasteiger partial charge >= 0.3 is 6.03 Å². The fourth-order valence-electron chi connectivity index (χ4n) is 5.53. The molecule has 4 amide bonds. The summed E-state index contributed by atoms with van der Waals surface area (Å²) in [6.45, 7) is -0.0784. The second-order valence-electron chi connectivity index (χ2n) is 9.64. The molecule has 3 N–H and O–H groups in total. The van der Waals surface area contributed by atoms with E-state index in [1.807, 2.05) is 36.4 Å². The number of carbonyl (C=O) groups excluding carboxylic acids is 3. The Balaban J connectivity index is 1.42. The van der Waals surface area contributed by atoms with Crippen molar-refractivity contribution in [2.24, 2.45) is 11.7 Å². The number of benzene rings is 3. The first-order valence-electron chi connectivity index (χ1n) is 12.5. The van der Waals surface area contributed by atoms with Crippen molar-refractivity contribution in [3.8, 4) is 11.5 Å². The Bertz CT molecular complexity index is 1420. The Labute approximate surface area is 231 Å². The van der Waals surface area contributed by atoms with Gasteiger partial charge < -0.3 is 25.4 Å². The maximum atomic E-state index is 13.9. The number of hydrogen-bond donors (Lipinski definition) is 2. The molecular weight excluding hydrogens is 520 g/mol. The summed E-state index contributed by atoms with van der Waals surface area (Å²) in [5, 5.41) is 3.07. The molecule has 1 unspecified atom stereocenters. The maximum Gasteiger partial charge on any atom is 0.325 e. The van der Waals surface area contributed by atoms with Crippen molar-refractivity contribution >= 4 is 40.8 Å². The molecule has 0 saturated carbocycles. The summed E-state index contributed by atoms with van der Waals surface area (Å²) < 4.78 is 10.6. The number of nitrogens with zero attached hydrogens (tertiary/aromatic N) is 2. The van der Waals surface area contributed by atoms with E-state index in [4.69, 9.17) is 26.8 Å². The number of urea groups is 1. The highest BCUT2D eigenvalue weighted by Gasteiger charge is 2.43. The first-order valence-corrected chi connectivity index (χ1v) is 12.9. The van der Waals surface area contributed by atoms with Crippen molar-refractivity contribution in [1.29, 1.82) is 0 Å². The van der Waals surface area contributed by atoms with E-state index >= 15 is 0 Å². The Morgan fingerprint density at radius 1 is 1.00 bits per heavy atom. The molecule has 1 aliphatic heterocycles. The Morgan fingerprint density at radius 3 is 2.23 bits per heavy atom. The molecule has 39 heavy (non-hydrogen) atoms. The largest absolute Gasteiger partial charge is 0.495 e. The van der Waals surface area contributed by atoms with Crippen molar-refractivity contribution in [2.45, 2.75) is 25.4 Å². The SMILES string of the molecule is COc1cc(OC)c(NC(=O)CN2C(=O)N(C(C(N)=O)C3Cc4ccccc4C3)Cc3ccccc32)cc1Cl. The van der Waals surface area contributed by atoms with Crippen LogP contribution in [-0.2, 0) is 29.0 Å². The van der Waals surface area contributed by atoms with Crippen LogP contribution in [0.4, 0.5) is 16.2 Å². The number of methoxy groups -OCH3 is 2. The van der Waals surface area contributed by atoms with Crippen LogP contribution in [-0.4, -0.2) is 49.6 Å². The lowest BCUT2D eigenvalue weighted by Gasteiger charge is -2.41. The molecule has 3 aromatic rings. The molecule has 1 aliphatic carbocycles. The van der Waals surface area contributed by atoms with Crippen LogP contribution in [0.2, 0.25) is 5.02 Å². The Kier molecular flexibility index (Phi) is 7.34. The number of carbonyl (C=O) groups is 3. The molecule has 0 bridgehead atoms. The molecule has 0 saturated heterocycles. The zero-order valence-electron chi connectivity index (χ0n) is 21.6. The second-order valence-corrected chi connectivity index (χ2v) is 10.1. The van der Waals surface area contributed by atoms with Gasteiger partial charge in [0.05, 0.1) is 37.2 Å². The molecule has 1 heterocycles. The highest BCUT2D eigenvalue weighted by atomic mass is 35.5. The molecule has 3 aromatic carbocycles. The van der Waals surface area contributed by atoms with Gasteiger partial charge in [-0.25, -0.2) is 4.79 Å². The van der Waals surface area contributed by atoms with E-state index in [2.05, 4.69) is 5.32 Å². The molecular formula is C29H29ClN4O5. The summed E-state index contributed by atoms with van der Waals surface area (Å²) in [4.78, 5) is 42.8. The smallest absolute Gasteiger partial charge is 0.325 e. The number of para-hydroxylation sites is 1. The van der Waals surface area contributed by atoms with Gasteiger partial charge in [0.2, 0.25) is 11.8 Å². The van der Waals surface area contributed by atoms with Gasteiger partial charge in [0.25, 0.3) is 0 Å². The van der Waals surface area contributed by atoms with E-state index in [0.29, 0.717) is 40.7 Å². The summed E-state index contributed by atoms with van der Waals surface area (Å²) in [6.07, 6.45) is 1.29. The van der Waals surface area contributed by atoms with Gasteiger partial charge in [0.15, 0.2) is 0 Å². The van der Waals surface area contributed by atoms with Crippen LogP contribution in [0.1, 0.15) is 16.7 Å². The van der Waals surface area contributed by atoms with Crippen LogP contribution < -0.4 is 25.4 Å². The van der Waals surface area contributed by atoms with Crippen LogP contribution in [0.5, 0.6) is 11.5 Å². The summed E-state index contributed by atoms with van der Waals surface area (Å²) in [5.41, 5.74) is 9.98. The van der Waals surface area contributed by atoms with E-state index in [1.54, 1.807) is 18.2 Å². The summed E-state index contributed by atoms with van der Waals surface area (Å²) in [7, 11) is 2.94. The first kappa shape index (κ1) is 26.4. The molecule has 9 nitrogen and oxygen atoms in total. The predicted octanol–water partition coefficient (Wildman–Crippen LogP) is 4.01. The van der Waals surface area contributed by atoms with Gasteiger partial charge in [0, 0.05) is 6.07 Å². The van der Waals surface area contributed by atoms with E-state index in [0.717, 1.165) is 16.7 Å². The van der Waals surface area contributed by atoms with Gasteiger partial charge in [-0.3, -0.25) is 14.5 Å². The van der Waals surface area contributed by atoms with Gasteiger partial charge in [-0.2, -0.15) is 0 Å². The number of nitrogens with one attached hydrogen (secondary N) is 1. The number of nitrogens with two attached hydrogens (primary N) is 1. The molecule has 0 aromatic heterocycles. The first-order chi connectivity index (χ1) is 18.8. The number of halogens is 1. The Hall–Kier alpha value is -4.24. The minimum Gasteiger partial charge on any atom is -0.495 e. The standard InChI is InChI=1S/C29H29ClN4O5/c1-38-24-14-25(39-2)22(13-21(24)30)32-26(35)16-33-23-10-6-5-9-19(23)15-34(29(33)37)27(28(31)36)20-11-17-7-3-4-8-18(17)12-20/h3-10,13-14,20,27H,11-12,15-16H2,1-2H3,(H2,31,36)(H,32,35). The lowest BCUT2D eigenvalue weighted by Crippen LogP contribution is -2.58. The predicted molar refractivity (Wildman–Crippen MR) is 148 cm³/mol. The number of amides is 4.